The molecule has 3 atom stereocenters. The van der Waals surface area contributed by atoms with E-state index in [9.17, 15) is 5.11 Å². The van der Waals surface area contributed by atoms with Gasteiger partial charge in [-0.15, -0.1) is 0 Å². The van der Waals surface area contributed by atoms with Gasteiger partial charge in [-0.25, -0.2) is 0 Å². The van der Waals surface area contributed by atoms with Gasteiger partial charge in [0.1, 0.15) is 5.75 Å². The van der Waals surface area contributed by atoms with E-state index in [2.05, 4.69) is 29.8 Å². The van der Waals surface area contributed by atoms with E-state index in [0.717, 1.165) is 28.6 Å². The molecule has 106 valence electrons. The van der Waals surface area contributed by atoms with Crippen molar-refractivity contribution in [2.45, 2.75) is 45.1 Å². The number of rotatable bonds is 3. The largest absolute Gasteiger partial charge is 0.497 e. The van der Waals surface area contributed by atoms with E-state index >= 15 is 0 Å². The first-order chi connectivity index (χ1) is 8.94. The Morgan fingerprint density at radius 1 is 1.37 bits per heavy atom. The van der Waals surface area contributed by atoms with E-state index in [4.69, 9.17) is 4.74 Å². The van der Waals surface area contributed by atoms with Gasteiger partial charge in [0.25, 0.3) is 0 Å². The average Bonchev–Trinajstić information content (AvgIpc) is 2.37. The minimum absolute atomic E-state index is 0.349. The lowest BCUT2D eigenvalue weighted by molar-refractivity contribution is -0.0561. The number of aliphatic hydroxyl groups is 1. The topological polar surface area (TPSA) is 29.5 Å². The van der Waals surface area contributed by atoms with Gasteiger partial charge in [-0.3, -0.25) is 0 Å². The van der Waals surface area contributed by atoms with Crippen molar-refractivity contribution in [3.05, 3.63) is 28.2 Å². The SMILES string of the molecule is COc1ccc(Br)c(CC2(O)CC(C)CCC2C)c1. The first kappa shape index (κ1) is 14.9. The molecule has 0 radical (unpaired) electrons. The van der Waals surface area contributed by atoms with Crippen LogP contribution in [0.5, 0.6) is 5.75 Å². The summed E-state index contributed by atoms with van der Waals surface area (Å²) in [4.78, 5) is 0. The van der Waals surface area contributed by atoms with Crippen molar-refractivity contribution < 1.29 is 9.84 Å². The number of hydrogen-bond acceptors (Lipinski definition) is 2. The van der Waals surface area contributed by atoms with Crippen molar-refractivity contribution >= 4 is 15.9 Å². The zero-order valence-electron chi connectivity index (χ0n) is 11.9. The van der Waals surface area contributed by atoms with E-state index in [1.165, 1.54) is 6.42 Å². The van der Waals surface area contributed by atoms with Crippen LogP contribution in [-0.4, -0.2) is 17.8 Å². The summed E-state index contributed by atoms with van der Waals surface area (Å²) in [5.74, 6) is 1.80. The van der Waals surface area contributed by atoms with E-state index in [-0.39, 0.29) is 0 Å². The van der Waals surface area contributed by atoms with Crippen LogP contribution in [0.15, 0.2) is 22.7 Å². The molecular formula is C16H23BrO2. The molecule has 0 amide bonds. The van der Waals surface area contributed by atoms with Gasteiger partial charge in [0, 0.05) is 10.9 Å². The molecule has 19 heavy (non-hydrogen) atoms. The lowest BCUT2D eigenvalue weighted by atomic mass is 9.69. The van der Waals surface area contributed by atoms with Gasteiger partial charge < -0.3 is 9.84 Å². The summed E-state index contributed by atoms with van der Waals surface area (Å²) in [5, 5.41) is 11.0. The van der Waals surface area contributed by atoms with Gasteiger partial charge >= 0.3 is 0 Å². The van der Waals surface area contributed by atoms with Crippen molar-refractivity contribution in [2.24, 2.45) is 11.8 Å². The van der Waals surface area contributed by atoms with Crippen molar-refractivity contribution in [3.63, 3.8) is 0 Å². The summed E-state index contributed by atoms with van der Waals surface area (Å²) in [6, 6.07) is 5.95. The Balaban J connectivity index is 2.23. The molecule has 0 saturated heterocycles. The van der Waals surface area contributed by atoms with Crippen molar-refractivity contribution in [3.8, 4) is 5.75 Å². The number of ether oxygens (including phenoxy) is 1. The molecule has 2 rings (SSSR count). The van der Waals surface area contributed by atoms with Gasteiger partial charge in [-0.05, 0) is 48.4 Å². The molecule has 1 aromatic carbocycles. The van der Waals surface area contributed by atoms with Crippen LogP contribution in [0.4, 0.5) is 0 Å². The molecule has 0 aromatic heterocycles. The highest BCUT2D eigenvalue weighted by atomic mass is 79.9. The molecule has 0 aliphatic heterocycles. The van der Waals surface area contributed by atoms with Crippen LogP contribution >= 0.6 is 15.9 Å². The zero-order chi connectivity index (χ0) is 14.0. The third kappa shape index (κ3) is 3.32. The fraction of sp³-hybridized carbons (Fsp3) is 0.625. The molecule has 1 N–H and O–H groups in total. The molecule has 0 heterocycles. The smallest absolute Gasteiger partial charge is 0.119 e. The van der Waals surface area contributed by atoms with Gasteiger partial charge in [-0.2, -0.15) is 0 Å². The Kier molecular flexibility index (Phi) is 4.57. The first-order valence-electron chi connectivity index (χ1n) is 6.99. The van der Waals surface area contributed by atoms with Crippen LogP contribution in [0.3, 0.4) is 0 Å². The van der Waals surface area contributed by atoms with Crippen molar-refractivity contribution in [2.75, 3.05) is 7.11 Å². The molecule has 0 spiro atoms. The Hall–Kier alpha value is -0.540. The lowest BCUT2D eigenvalue weighted by Crippen LogP contribution is -2.43. The minimum atomic E-state index is -0.591. The zero-order valence-corrected chi connectivity index (χ0v) is 13.5. The summed E-state index contributed by atoms with van der Waals surface area (Å²) in [7, 11) is 1.67. The molecule has 1 aromatic rings. The fourth-order valence-corrected chi connectivity index (χ4v) is 3.49. The summed E-state index contributed by atoms with van der Waals surface area (Å²) in [5.41, 5.74) is 0.537. The first-order valence-corrected chi connectivity index (χ1v) is 7.78. The predicted molar refractivity (Wildman–Crippen MR) is 81.5 cm³/mol. The van der Waals surface area contributed by atoms with Crippen LogP contribution < -0.4 is 4.74 Å². The van der Waals surface area contributed by atoms with Crippen LogP contribution in [0.1, 0.15) is 38.7 Å². The number of halogens is 1. The van der Waals surface area contributed by atoms with Crippen LogP contribution in [0.2, 0.25) is 0 Å². The highest BCUT2D eigenvalue weighted by molar-refractivity contribution is 9.10. The molecule has 1 fully saturated rings. The Bertz CT molecular complexity index is 446. The van der Waals surface area contributed by atoms with E-state index in [1.54, 1.807) is 7.11 Å². The van der Waals surface area contributed by atoms with Crippen molar-refractivity contribution in [1.29, 1.82) is 0 Å². The maximum absolute atomic E-state index is 11.0. The Morgan fingerprint density at radius 3 is 2.79 bits per heavy atom. The van der Waals surface area contributed by atoms with Gasteiger partial charge in [0.15, 0.2) is 0 Å². The van der Waals surface area contributed by atoms with Crippen molar-refractivity contribution in [1.82, 2.24) is 0 Å². The van der Waals surface area contributed by atoms with E-state index in [1.807, 2.05) is 18.2 Å². The molecule has 3 heteroatoms. The molecule has 1 aliphatic rings. The molecule has 3 unspecified atom stereocenters. The number of benzene rings is 1. The summed E-state index contributed by atoms with van der Waals surface area (Å²) in [6.07, 6.45) is 3.91. The third-order valence-corrected chi connectivity index (χ3v) is 5.23. The fourth-order valence-electron chi connectivity index (χ4n) is 3.10. The van der Waals surface area contributed by atoms with E-state index < -0.39 is 5.60 Å². The Morgan fingerprint density at radius 2 is 2.11 bits per heavy atom. The molecular weight excluding hydrogens is 304 g/mol. The standard InChI is InChI=1S/C16H23BrO2/c1-11-4-5-12(2)16(18,9-11)10-13-8-14(19-3)6-7-15(13)17/h6-8,11-12,18H,4-5,9-10H2,1-3H3. The second-order valence-electron chi connectivity index (χ2n) is 6.03. The maximum atomic E-state index is 11.0. The second-order valence-corrected chi connectivity index (χ2v) is 6.88. The molecule has 2 nitrogen and oxygen atoms in total. The average molecular weight is 327 g/mol. The molecule has 1 aliphatic carbocycles. The normalized spacial score (nSPS) is 31.2. The highest BCUT2D eigenvalue weighted by Gasteiger charge is 2.39. The predicted octanol–water partition coefficient (Wildman–Crippen LogP) is 4.19. The van der Waals surface area contributed by atoms with Gasteiger partial charge in [0.05, 0.1) is 12.7 Å². The van der Waals surface area contributed by atoms with Gasteiger partial charge in [0.2, 0.25) is 0 Å². The Labute approximate surface area is 124 Å². The van der Waals surface area contributed by atoms with Crippen LogP contribution in [0.25, 0.3) is 0 Å². The summed E-state index contributed by atoms with van der Waals surface area (Å²) < 4.78 is 6.33. The molecule has 0 bridgehead atoms. The number of hydrogen-bond donors (Lipinski definition) is 1. The minimum Gasteiger partial charge on any atom is -0.497 e. The second kappa shape index (κ2) is 5.84. The maximum Gasteiger partial charge on any atom is 0.119 e. The molecule has 1 saturated carbocycles. The van der Waals surface area contributed by atoms with Crippen LogP contribution in [-0.2, 0) is 6.42 Å². The summed E-state index contributed by atoms with van der Waals surface area (Å²) >= 11 is 3.58. The quantitative estimate of drug-likeness (QED) is 0.902. The number of methoxy groups -OCH3 is 1. The lowest BCUT2D eigenvalue weighted by Gasteiger charge is -2.41. The van der Waals surface area contributed by atoms with Gasteiger partial charge in [-0.1, -0.05) is 36.2 Å². The highest BCUT2D eigenvalue weighted by Crippen LogP contribution is 2.40. The monoisotopic (exact) mass is 326 g/mol. The van der Waals surface area contributed by atoms with Crippen LogP contribution in [0, 0.1) is 11.8 Å². The van der Waals surface area contributed by atoms with E-state index in [0.29, 0.717) is 18.3 Å². The third-order valence-electron chi connectivity index (χ3n) is 4.46. The summed E-state index contributed by atoms with van der Waals surface area (Å²) in [6.45, 7) is 4.40.